The van der Waals surface area contributed by atoms with E-state index < -0.39 is 11.2 Å². The van der Waals surface area contributed by atoms with Crippen LogP contribution in [0.3, 0.4) is 0 Å². The highest BCUT2D eigenvalue weighted by atomic mass is 16.5. The highest BCUT2D eigenvalue weighted by Crippen LogP contribution is 2.26. The van der Waals surface area contributed by atoms with Crippen molar-refractivity contribution in [2.24, 2.45) is 11.8 Å². The summed E-state index contributed by atoms with van der Waals surface area (Å²) in [4.78, 5) is 41.5. The summed E-state index contributed by atoms with van der Waals surface area (Å²) < 4.78 is 7.21. The van der Waals surface area contributed by atoms with Crippen LogP contribution in [0.25, 0.3) is 0 Å². The molecule has 1 aromatic heterocycles. The van der Waals surface area contributed by atoms with Crippen molar-refractivity contribution in [3.8, 4) is 0 Å². The third-order valence-electron chi connectivity index (χ3n) is 5.40. The van der Waals surface area contributed by atoms with Crippen LogP contribution < -0.4 is 21.9 Å². The highest BCUT2D eigenvalue weighted by Gasteiger charge is 2.26. The number of carbonyl (C=O) groups is 1. The van der Waals surface area contributed by atoms with Crippen LogP contribution in [0.15, 0.2) is 9.59 Å². The molecule has 8 nitrogen and oxygen atoms in total. The van der Waals surface area contributed by atoms with Crippen molar-refractivity contribution in [2.75, 3.05) is 23.8 Å². The molecule has 1 saturated carbocycles. The molecular formula is C21H36N4O4. The number of nitrogens with two attached hydrogens (primary N) is 1. The van der Waals surface area contributed by atoms with E-state index in [4.69, 9.17) is 10.5 Å². The van der Waals surface area contributed by atoms with Gasteiger partial charge in [0.25, 0.3) is 11.5 Å². The molecule has 29 heavy (non-hydrogen) atoms. The van der Waals surface area contributed by atoms with E-state index in [9.17, 15) is 14.4 Å². The number of anilines is 2. The van der Waals surface area contributed by atoms with Crippen molar-refractivity contribution in [3.63, 3.8) is 0 Å². The number of hydrogen-bond acceptors (Lipinski definition) is 5. The molecule has 0 spiro atoms. The number of nitrogens with one attached hydrogen (secondary N) is 1. The smallest absolute Gasteiger partial charge is 0.330 e. The van der Waals surface area contributed by atoms with E-state index in [1.807, 2.05) is 20.8 Å². The third-order valence-corrected chi connectivity index (χ3v) is 5.40. The molecule has 0 radical (unpaired) electrons. The second-order valence-corrected chi connectivity index (χ2v) is 8.60. The molecule has 0 aliphatic heterocycles. The fraction of sp³-hybridized carbons (Fsp3) is 0.762. The Morgan fingerprint density at radius 1 is 1.34 bits per heavy atom. The van der Waals surface area contributed by atoms with Crippen molar-refractivity contribution in [1.82, 2.24) is 9.55 Å². The maximum absolute atomic E-state index is 13.0. The molecule has 0 aromatic carbocycles. The Morgan fingerprint density at radius 2 is 2.07 bits per heavy atom. The maximum Gasteiger partial charge on any atom is 0.330 e. The Bertz CT molecular complexity index is 799. The van der Waals surface area contributed by atoms with Gasteiger partial charge in [0.2, 0.25) is 0 Å². The molecule has 2 atom stereocenters. The molecule has 8 heteroatoms. The van der Waals surface area contributed by atoms with E-state index in [2.05, 4.69) is 11.9 Å². The van der Waals surface area contributed by atoms with Crippen LogP contribution in [0.1, 0.15) is 66.2 Å². The Kier molecular flexibility index (Phi) is 8.49. The average molecular weight is 409 g/mol. The number of aromatic nitrogens is 2. The predicted molar refractivity (Wildman–Crippen MR) is 115 cm³/mol. The number of unbranched alkanes of at least 4 members (excludes halogenated alkanes) is 1. The second-order valence-electron chi connectivity index (χ2n) is 8.60. The van der Waals surface area contributed by atoms with Crippen molar-refractivity contribution >= 4 is 17.4 Å². The zero-order valence-electron chi connectivity index (χ0n) is 18.2. The zero-order chi connectivity index (χ0) is 21.6. The van der Waals surface area contributed by atoms with Crippen molar-refractivity contribution in [3.05, 3.63) is 20.8 Å². The molecule has 0 bridgehead atoms. The predicted octanol–water partition coefficient (Wildman–Crippen LogP) is 2.50. The van der Waals surface area contributed by atoms with E-state index in [-0.39, 0.29) is 36.0 Å². The van der Waals surface area contributed by atoms with Crippen molar-refractivity contribution in [2.45, 2.75) is 78.9 Å². The minimum atomic E-state index is -0.636. The Labute approximate surface area is 172 Å². The van der Waals surface area contributed by atoms with Gasteiger partial charge < -0.3 is 15.4 Å². The van der Waals surface area contributed by atoms with Gasteiger partial charge in [0, 0.05) is 13.1 Å². The van der Waals surface area contributed by atoms with Crippen LogP contribution in [0, 0.1) is 11.8 Å². The Hall–Kier alpha value is -2.09. The van der Waals surface area contributed by atoms with Crippen LogP contribution in [0.2, 0.25) is 0 Å². The summed E-state index contributed by atoms with van der Waals surface area (Å²) in [7, 11) is 0. The van der Waals surface area contributed by atoms with Gasteiger partial charge in [-0.1, -0.05) is 47.0 Å². The van der Waals surface area contributed by atoms with Crippen LogP contribution in [-0.2, 0) is 16.1 Å². The van der Waals surface area contributed by atoms with Gasteiger partial charge in [-0.05, 0) is 31.1 Å². The molecule has 1 fully saturated rings. The first kappa shape index (κ1) is 23.2. The molecule has 3 N–H and O–H groups in total. The number of nitrogens with zero attached hydrogens (tertiary/aromatic N) is 2. The van der Waals surface area contributed by atoms with Gasteiger partial charge in [0.15, 0.2) is 5.69 Å². The van der Waals surface area contributed by atoms with Gasteiger partial charge in [-0.3, -0.25) is 19.1 Å². The number of nitrogen functional groups attached to an aromatic ring is 1. The molecular weight excluding hydrogens is 372 g/mol. The molecule has 1 amide bonds. The molecule has 1 aliphatic rings. The van der Waals surface area contributed by atoms with Crippen molar-refractivity contribution in [1.29, 1.82) is 0 Å². The minimum absolute atomic E-state index is 0.0307. The van der Waals surface area contributed by atoms with Crippen molar-refractivity contribution < 1.29 is 9.53 Å². The van der Waals surface area contributed by atoms with Gasteiger partial charge in [-0.25, -0.2) is 4.79 Å². The SMILES string of the molecule is CCCCN(C(=O)COC1CCCC(C)C1)c1c(N)n(CC(C)C)c(=O)[nH]c1=O. The van der Waals surface area contributed by atoms with Crippen LogP contribution >= 0.6 is 0 Å². The van der Waals surface area contributed by atoms with E-state index in [1.165, 1.54) is 15.9 Å². The molecule has 164 valence electrons. The largest absolute Gasteiger partial charge is 0.383 e. The number of carbonyl (C=O) groups excluding carboxylic acids is 1. The van der Waals surface area contributed by atoms with E-state index in [0.29, 0.717) is 25.4 Å². The lowest BCUT2D eigenvalue weighted by molar-refractivity contribution is -0.126. The number of H-pyrrole nitrogens is 1. The lowest BCUT2D eigenvalue weighted by Gasteiger charge is -2.28. The number of aromatic amines is 1. The first-order valence-corrected chi connectivity index (χ1v) is 10.8. The molecule has 2 unspecified atom stereocenters. The summed E-state index contributed by atoms with van der Waals surface area (Å²) in [5.74, 6) is 0.482. The number of hydrogen-bond donors (Lipinski definition) is 2. The first-order valence-electron chi connectivity index (χ1n) is 10.8. The average Bonchev–Trinajstić information content (AvgIpc) is 2.65. The van der Waals surface area contributed by atoms with E-state index in [0.717, 1.165) is 25.7 Å². The van der Waals surface area contributed by atoms with Gasteiger partial charge in [-0.15, -0.1) is 0 Å². The summed E-state index contributed by atoms with van der Waals surface area (Å²) in [6, 6.07) is 0. The lowest BCUT2D eigenvalue weighted by Crippen LogP contribution is -2.43. The van der Waals surface area contributed by atoms with Crippen LogP contribution in [0.5, 0.6) is 0 Å². The van der Waals surface area contributed by atoms with E-state index in [1.54, 1.807) is 0 Å². The number of rotatable bonds is 9. The topological polar surface area (TPSA) is 110 Å². The standard InChI is InChI=1S/C21H36N4O4/c1-5-6-10-24(17(26)13-29-16-9-7-8-15(4)11-16)18-19(22)25(12-14(2)3)21(28)23-20(18)27/h14-16H,5-13,22H2,1-4H3,(H,23,27,28). The fourth-order valence-electron chi connectivity index (χ4n) is 3.86. The normalized spacial score (nSPS) is 19.5. The summed E-state index contributed by atoms with van der Waals surface area (Å²) in [5, 5.41) is 0. The Balaban J connectivity index is 2.27. The summed E-state index contributed by atoms with van der Waals surface area (Å²) in [6.45, 7) is 8.74. The van der Waals surface area contributed by atoms with Gasteiger partial charge in [0.1, 0.15) is 12.4 Å². The third kappa shape index (κ3) is 6.19. The number of amides is 1. The molecule has 0 saturated heterocycles. The van der Waals surface area contributed by atoms with Gasteiger partial charge in [0.05, 0.1) is 6.10 Å². The van der Waals surface area contributed by atoms with E-state index >= 15 is 0 Å². The second kappa shape index (κ2) is 10.6. The molecule has 1 aromatic rings. The summed E-state index contributed by atoms with van der Waals surface area (Å²) >= 11 is 0. The monoisotopic (exact) mass is 408 g/mol. The first-order chi connectivity index (χ1) is 13.7. The molecule has 2 rings (SSSR count). The number of ether oxygens (including phenoxy) is 1. The lowest BCUT2D eigenvalue weighted by atomic mass is 9.89. The van der Waals surface area contributed by atoms with Crippen LogP contribution in [0.4, 0.5) is 11.5 Å². The zero-order valence-corrected chi connectivity index (χ0v) is 18.2. The summed E-state index contributed by atoms with van der Waals surface area (Å²) in [5.41, 5.74) is 5.06. The van der Waals surface area contributed by atoms with Gasteiger partial charge >= 0.3 is 5.69 Å². The fourth-order valence-corrected chi connectivity index (χ4v) is 3.86. The quantitative estimate of drug-likeness (QED) is 0.652. The van der Waals surface area contributed by atoms with Crippen LogP contribution in [-0.4, -0.2) is 34.7 Å². The van der Waals surface area contributed by atoms with Gasteiger partial charge in [-0.2, -0.15) is 0 Å². The minimum Gasteiger partial charge on any atom is -0.383 e. The molecule has 1 aliphatic carbocycles. The Morgan fingerprint density at radius 3 is 2.69 bits per heavy atom. The maximum atomic E-state index is 13.0. The molecule has 1 heterocycles. The highest BCUT2D eigenvalue weighted by molar-refractivity contribution is 5.96. The summed E-state index contributed by atoms with van der Waals surface area (Å²) in [6.07, 6.45) is 5.84.